The summed E-state index contributed by atoms with van der Waals surface area (Å²) in [5, 5.41) is 10.1. The topological polar surface area (TPSA) is 20.2 Å². The molecule has 0 aromatic heterocycles. The van der Waals surface area contributed by atoms with Crippen molar-refractivity contribution in [1.29, 1.82) is 0 Å². The molecule has 0 radical (unpaired) electrons. The van der Waals surface area contributed by atoms with Crippen LogP contribution in [-0.4, -0.2) is 11.2 Å². The Labute approximate surface area is 94.3 Å². The minimum absolute atomic E-state index is 0.00203. The van der Waals surface area contributed by atoms with Gasteiger partial charge in [-0.2, -0.15) is 0 Å². The number of aliphatic hydroxyl groups excluding tert-OH is 1. The Kier molecular flexibility index (Phi) is 3.12. The average molecular weight is 210 g/mol. The van der Waals surface area contributed by atoms with Gasteiger partial charge in [-0.05, 0) is 48.9 Å². The minimum atomic E-state index is -0.00203. The molecule has 0 aromatic carbocycles. The van der Waals surface area contributed by atoms with Crippen molar-refractivity contribution < 1.29 is 5.11 Å². The lowest BCUT2D eigenvalue weighted by Crippen LogP contribution is -2.41. The summed E-state index contributed by atoms with van der Waals surface area (Å²) in [7, 11) is 0. The van der Waals surface area contributed by atoms with Crippen molar-refractivity contribution in [2.24, 2.45) is 23.2 Å². The highest BCUT2D eigenvalue weighted by Gasteiger charge is 2.51. The molecule has 1 unspecified atom stereocenters. The summed E-state index contributed by atoms with van der Waals surface area (Å²) in [4.78, 5) is 0. The molecule has 0 heterocycles. The fourth-order valence-corrected chi connectivity index (χ4v) is 4.41. The molecule has 2 fully saturated rings. The Bertz CT molecular complexity index is 225. The van der Waals surface area contributed by atoms with Gasteiger partial charge in [-0.1, -0.05) is 33.6 Å². The Balaban J connectivity index is 2.17. The van der Waals surface area contributed by atoms with Gasteiger partial charge >= 0.3 is 0 Å². The third-order valence-electron chi connectivity index (χ3n) is 5.49. The van der Waals surface area contributed by atoms with Crippen molar-refractivity contribution in [2.75, 3.05) is 0 Å². The van der Waals surface area contributed by atoms with E-state index in [1.807, 2.05) is 0 Å². The zero-order chi connectivity index (χ0) is 11.1. The van der Waals surface area contributed by atoms with Crippen LogP contribution in [0.25, 0.3) is 0 Å². The molecule has 1 heteroatoms. The summed E-state index contributed by atoms with van der Waals surface area (Å²) in [6.45, 7) is 7.16. The maximum absolute atomic E-state index is 10.1. The van der Waals surface area contributed by atoms with E-state index in [0.29, 0.717) is 11.3 Å². The summed E-state index contributed by atoms with van der Waals surface area (Å²) in [6.07, 6.45) is 7.55. The molecule has 0 saturated heterocycles. The van der Waals surface area contributed by atoms with Crippen molar-refractivity contribution >= 4 is 0 Å². The second kappa shape index (κ2) is 4.08. The van der Waals surface area contributed by atoms with Crippen LogP contribution in [0, 0.1) is 23.2 Å². The fourth-order valence-electron chi connectivity index (χ4n) is 4.41. The molecule has 0 bridgehead atoms. The van der Waals surface area contributed by atoms with Crippen molar-refractivity contribution in [3.05, 3.63) is 0 Å². The second-order valence-corrected chi connectivity index (χ2v) is 6.14. The van der Waals surface area contributed by atoms with Crippen LogP contribution in [0.1, 0.15) is 59.3 Å². The first kappa shape index (κ1) is 11.4. The molecule has 2 rings (SSSR count). The molecule has 2 aliphatic rings. The molecule has 0 amide bonds. The van der Waals surface area contributed by atoms with Gasteiger partial charge in [-0.3, -0.25) is 0 Å². The lowest BCUT2D eigenvalue weighted by Gasteiger charge is -2.45. The predicted octanol–water partition coefficient (Wildman–Crippen LogP) is 3.61. The molecular weight excluding hydrogens is 184 g/mol. The SMILES string of the molecule is CC[C@@H](C)C1CC[C@H]2[C@@H](O)CCC[C@]12C. The number of hydrogen-bond acceptors (Lipinski definition) is 1. The summed E-state index contributed by atoms with van der Waals surface area (Å²) in [5.41, 5.74) is 0.451. The zero-order valence-corrected chi connectivity index (χ0v) is 10.5. The molecule has 2 aliphatic carbocycles. The number of fused-ring (bicyclic) bond motifs is 1. The Morgan fingerprint density at radius 1 is 1.33 bits per heavy atom. The van der Waals surface area contributed by atoms with Gasteiger partial charge in [0.15, 0.2) is 0 Å². The summed E-state index contributed by atoms with van der Waals surface area (Å²) < 4.78 is 0. The lowest BCUT2D eigenvalue weighted by molar-refractivity contribution is -0.0272. The first-order chi connectivity index (χ1) is 7.09. The number of aliphatic hydroxyl groups is 1. The predicted molar refractivity (Wildman–Crippen MR) is 63.6 cm³/mol. The van der Waals surface area contributed by atoms with Crippen LogP contribution in [0.15, 0.2) is 0 Å². The van der Waals surface area contributed by atoms with Crippen LogP contribution in [0.3, 0.4) is 0 Å². The first-order valence-electron chi connectivity index (χ1n) is 6.77. The van der Waals surface area contributed by atoms with E-state index in [9.17, 15) is 5.11 Å². The summed E-state index contributed by atoms with van der Waals surface area (Å²) in [5.74, 6) is 2.30. The number of hydrogen-bond donors (Lipinski definition) is 1. The van der Waals surface area contributed by atoms with Crippen LogP contribution in [-0.2, 0) is 0 Å². The van der Waals surface area contributed by atoms with Gasteiger partial charge in [-0.15, -0.1) is 0 Å². The molecule has 88 valence electrons. The molecule has 0 aliphatic heterocycles. The van der Waals surface area contributed by atoms with Crippen LogP contribution < -0.4 is 0 Å². The Hall–Kier alpha value is -0.0400. The molecule has 2 saturated carbocycles. The normalized spacial score (nSPS) is 47.6. The van der Waals surface area contributed by atoms with Crippen LogP contribution in [0.2, 0.25) is 0 Å². The lowest BCUT2D eigenvalue weighted by atomic mass is 9.61. The Morgan fingerprint density at radius 3 is 2.73 bits per heavy atom. The van der Waals surface area contributed by atoms with E-state index >= 15 is 0 Å². The van der Waals surface area contributed by atoms with Gasteiger partial charge in [0.25, 0.3) is 0 Å². The third-order valence-corrected chi connectivity index (χ3v) is 5.49. The maximum Gasteiger partial charge on any atom is 0.0573 e. The monoisotopic (exact) mass is 210 g/mol. The van der Waals surface area contributed by atoms with E-state index < -0.39 is 0 Å². The van der Waals surface area contributed by atoms with Crippen molar-refractivity contribution in [1.82, 2.24) is 0 Å². The van der Waals surface area contributed by atoms with Gasteiger partial charge < -0.3 is 5.11 Å². The summed E-state index contributed by atoms with van der Waals surface area (Å²) >= 11 is 0. The quantitative estimate of drug-likeness (QED) is 0.738. The molecule has 1 nitrogen and oxygen atoms in total. The van der Waals surface area contributed by atoms with Gasteiger partial charge in [0, 0.05) is 0 Å². The zero-order valence-electron chi connectivity index (χ0n) is 10.5. The average Bonchev–Trinajstić information content (AvgIpc) is 2.56. The Morgan fingerprint density at radius 2 is 2.07 bits per heavy atom. The standard InChI is InChI=1S/C14H26O/c1-4-10(2)11-7-8-12-13(15)6-5-9-14(11,12)3/h10-13,15H,4-9H2,1-3H3/t10-,11?,12+,13+,14-/m1/s1. The molecule has 15 heavy (non-hydrogen) atoms. The van der Waals surface area contributed by atoms with E-state index in [1.54, 1.807) is 0 Å². The molecule has 0 spiro atoms. The van der Waals surface area contributed by atoms with Gasteiger partial charge in [0.05, 0.1) is 6.10 Å². The molecule has 0 aromatic rings. The highest BCUT2D eigenvalue weighted by molar-refractivity contribution is 5.01. The third kappa shape index (κ3) is 1.73. The van der Waals surface area contributed by atoms with Crippen molar-refractivity contribution in [3.63, 3.8) is 0 Å². The molecule has 1 N–H and O–H groups in total. The van der Waals surface area contributed by atoms with E-state index in [0.717, 1.165) is 18.3 Å². The second-order valence-electron chi connectivity index (χ2n) is 6.14. The fraction of sp³-hybridized carbons (Fsp3) is 1.00. The van der Waals surface area contributed by atoms with Crippen LogP contribution in [0.4, 0.5) is 0 Å². The largest absolute Gasteiger partial charge is 0.393 e. The van der Waals surface area contributed by atoms with Crippen LogP contribution >= 0.6 is 0 Å². The van der Waals surface area contributed by atoms with Crippen molar-refractivity contribution in [2.45, 2.75) is 65.4 Å². The van der Waals surface area contributed by atoms with Gasteiger partial charge in [-0.25, -0.2) is 0 Å². The van der Waals surface area contributed by atoms with E-state index in [1.165, 1.54) is 32.1 Å². The molecule has 5 atom stereocenters. The van der Waals surface area contributed by atoms with Crippen molar-refractivity contribution in [3.8, 4) is 0 Å². The molecular formula is C14H26O. The highest BCUT2D eigenvalue weighted by atomic mass is 16.3. The smallest absolute Gasteiger partial charge is 0.0573 e. The highest BCUT2D eigenvalue weighted by Crippen LogP contribution is 2.57. The number of rotatable bonds is 2. The summed E-state index contributed by atoms with van der Waals surface area (Å²) in [6, 6.07) is 0. The van der Waals surface area contributed by atoms with Gasteiger partial charge in [0.2, 0.25) is 0 Å². The minimum Gasteiger partial charge on any atom is -0.393 e. The van der Waals surface area contributed by atoms with E-state index in [4.69, 9.17) is 0 Å². The maximum atomic E-state index is 10.1. The first-order valence-corrected chi connectivity index (χ1v) is 6.77. The van der Waals surface area contributed by atoms with Gasteiger partial charge in [0.1, 0.15) is 0 Å². The van der Waals surface area contributed by atoms with E-state index in [-0.39, 0.29) is 6.10 Å². The van der Waals surface area contributed by atoms with E-state index in [2.05, 4.69) is 20.8 Å². The van der Waals surface area contributed by atoms with Crippen LogP contribution in [0.5, 0.6) is 0 Å².